The molecule has 0 aliphatic heterocycles. The maximum Gasteiger partial charge on any atom is 0.269 e. The first-order chi connectivity index (χ1) is 11.9. The number of benzene rings is 2. The number of carbonyl (C=O) groups is 1. The van der Waals surface area contributed by atoms with Crippen LogP contribution in [0, 0.1) is 10.1 Å². The SMILES string of the molecule is C/C(=N/NC(=O)[C@@H](C)Nc1cccc(Cl)c1)c1ccc([N+](=O)[O-])cc1. The van der Waals surface area contributed by atoms with E-state index >= 15 is 0 Å². The van der Waals surface area contributed by atoms with Crippen molar-refractivity contribution in [2.75, 3.05) is 5.32 Å². The molecule has 8 heteroatoms. The van der Waals surface area contributed by atoms with Crippen molar-refractivity contribution in [3.63, 3.8) is 0 Å². The zero-order valence-corrected chi connectivity index (χ0v) is 14.4. The summed E-state index contributed by atoms with van der Waals surface area (Å²) in [5.41, 5.74) is 4.42. The summed E-state index contributed by atoms with van der Waals surface area (Å²) in [6, 6.07) is 12.5. The van der Waals surface area contributed by atoms with Gasteiger partial charge in [0.25, 0.3) is 11.6 Å². The lowest BCUT2D eigenvalue weighted by molar-refractivity contribution is -0.384. The minimum Gasteiger partial charge on any atom is -0.374 e. The summed E-state index contributed by atoms with van der Waals surface area (Å²) >= 11 is 5.90. The first-order valence-electron chi connectivity index (χ1n) is 7.48. The molecule has 0 aliphatic rings. The molecule has 0 aromatic heterocycles. The number of anilines is 1. The molecular weight excluding hydrogens is 344 g/mol. The second kappa shape index (κ2) is 8.25. The monoisotopic (exact) mass is 360 g/mol. The van der Waals surface area contributed by atoms with Gasteiger partial charge in [-0.25, -0.2) is 5.43 Å². The Morgan fingerprint density at radius 2 is 1.92 bits per heavy atom. The number of hydrazone groups is 1. The maximum absolute atomic E-state index is 12.1. The first kappa shape index (κ1) is 18.4. The van der Waals surface area contributed by atoms with Crippen LogP contribution in [-0.4, -0.2) is 22.6 Å². The van der Waals surface area contributed by atoms with Crippen LogP contribution in [0.1, 0.15) is 19.4 Å². The molecule has 1 amide bonds. The van der Waals surface area contributed by atoms with Gasteiger partial charge in [0, 0.05) is 22.8 Å². The van der Waals surface area contributed by atoms with Crippen LogP contribution in [0.3, 0.4) is 0 Å². The van der Waals surface area contributed by atoms with E-state index in [2.05, 4.69) is 15.8 Å². The summed E-state index contributed by atoms with van der Waals surface area (Å²) < 4.78 is 0. The molecule has 0 saturated carbocycles. The molecule has 0 spiro atoms. The summed E-state index contributed by atoms with van der Waals surface area (Å²) in [6.07, 6.45) is 0. The average molecular weight is 361 g/mol. The fourth-order valence-electron chi connectivity index (χ4n) is 2.02. The molecule has 0 unspecified atom stereocenters. The number of hydrogen-bond donors (Lipinski definition) is 2. The van der Waals surface area contributed by atoms with E-state index in [1.165, 1.54) is 12.1 Å². The molecule has 25 heavy (non-hydrogen) atoms. The van der Waals surface area contributed by atoms with Gasteiger partial charge in [0.2, 0.25) is 0 Å². The highest BCUT2D eigenvalue weighted by molar-refractivity contribution is 6.30. The van der Waals surface area contributed by atoms with Gasteiger partial charge in [-0.2, -0.15) is 5.10 Å². The molecule has 2 aromatic rings. The van der Waals surface area contributed by atoms with Gasteiger partial charge < -0.3 is 5.32 Å². The topological polar surface area (TPSA) is 96.6 Å². The van der Waals surface area contributed by atoms with E-state index in [-0.39, 0.29) is 11.6 Å². The minimum absolute atomic E-state index is 0.0000651. The van der Waals surface area contributed by atoms with Gasteiger partial charge in [-0.3, -0.25) is 14.9 Å². The van der Waals surface area contributed by atoms with Crippen LogP contribution in [0.2, 0.25) is 5.02 Å². The van der Waals surface area contributed by atoms with Crippen LogP contribution >= 0.6 is 11.6 Å². The largest absolute Gasteiger partial charge is 0.374 e. The first-order valence-corrected chi connectivity index (χ1v) is 7.85. The molecule has 130 valence electrons. The molecule has 2 rings (SSSR count). The predicted molar refractivity (Wildman–Crippen MR) is 98.0 cm³/mol. The number of nitro groups is 1. The number of carbonyl (C=O) groups excluding carboxylic acids is 1. The molecule has 7 nitrogen and oxygen atoms in total. The average Bonchev–Trinajstić information content (AvgIpc) is 2.59. The second-order valence-corrected chi connectivity index (χ2v) is 5.79. The smallest absolute Gasteiger partial charge is 0.269 e. The third kappa shape index (κ3) is 5.29. The maximum atomic E-state index is 12.1. The molecule has 2 N–H and O–H groups in total. The van der Waals surface area contributed by atoms with E-state index in [0.29, 0.717) is 16.3 Å². The number of hydrogen-bond acceptors (Lipinski definition) is 5. The third-order valence-corrected chi connectivity index (χ3v) is 3.67. The molecule has 0 saturated heterocycles. The van der Waals surface area contributed by atoms with Crippen LogP contribution in [0.4, 0.5) is 11.4 Å². The lowest BCUT2D eigenvalue weighted by Crippen LogP contribution is -2.35. The number of halogens is 1. The van der Waals surface area contributed by atoms with Crippen molar-refractivity contribution >= 4 is 34.6 Å². The standard InChI is InChI=1S/C17H17ClN4O3/c1-11(13-6-8-16(9-7-13)22(24)25)20-21-17(23)12(2)19-15-5-3-4-14(18)10-15/h3-10,12,19H,1-2H3,(H,21,23)/b20-11-/t12-/m1/s1. The Morgan fingerprint density at radius 1 is 1.24 bits per heavy atom. The minimum atomic E-state index is -0.521. The van der Waals surface area contributed by atoms with E-state index in [1.807, 2.05) is 0 Å². The molecule has 1 atom stereocenters. The summed E-state index contributed by atoms with van der Waals surface area (Å²) in [5, 5.41) is 18.3. The zero-order chi connectivity index (χ0) is 18.4. The molecule has 0 aliphatic carbocycles. The van der Waals surface area contributed by atoms with Crippen LogP contribution in [0.25, 0.3) is 0 Å². The molecule has 0 heterocycles. The molecule has 0 fully saturated rings. The van der Waals surface area contributed by atoms with E-state index in [1.54, 1.807) is 50.2 Å². The highest BCUT2D eigenvalue weighted by Gasteiger charge is 2.12. The van der Waals surface area contributed by atoms with E-state index in [9.17, 15) is 14.9 Å². The molecule has 0 radical (unpaired) electrons. The van der Waals surface area contributed by atoms with Gasteiger partial charge >= 0.3 is 0 Å². The van der Waals surface area contributed by atoms with Gasteiger partial charge in [0.05, 0.1) is 10.6 Å². The fourth-order valence-corrected chi connectivity index (χ4v) is 2.21. The van der Waals surface area contributed by atoms with Gasteiger partial charge in [0.15, 0.2) is 0 Å². The van der Waals surface area contributed by atoms with E-state index < -0.39 is 11.0 Å². The molecule has 0 bridgehead atoms. The normalized spacial score (nSPS) is 12.4. The summed E-state index contributed by atoms with van der Waals surface area (Å²) in [5.74, 6) is -0.318. The van der Waals surface area contributed by atoms with Crippen molar-refractivity contribution in [3.05, 3.63) is 69.2 Å². The number of non-ortho nitro benzene ring substituents is 1. The Balaban J connectivity index is 1.97. The van der Waals surface area contributed by atoms with Crippen molar-refractivity contribution < 1.29 is 9.72 Å². The number of nitrogens with zero attached hydrogens (tertiary/aromatic N) is 2. The van der Waals surface area contributed by atoms with Crippen molar-refractivity contribution in [3.8, 4) is 0 Å². The zero-order valence-electron chi connectivity index (χ0n) is 13.7. The van der Waals surface area contributed by atoms with Crippen molar-refractivity contribution in [2.45, 2.75) is 19.9 Å². The number of nitrogens with one attached hydrogen (secondary N) is 2. The molecule has 2 aromatic carbocycles. The number of nitro benzene ring substituents is 1. The Bertz CT molecular complexity index is 806. The Morgan fingerprint density at radius 3 is 2.52 bits per heavy atom. The Hall–Kier alpha value is -2.93. The van der Waals surface area contributed by atoms with Gasteiger partial charge in [-0.05, 0) is 49.7 Å². The van der Waals surface area contributed by atoms with Crippen molar-refractivity contribution in [1.29, 1.82) is 0 Å². The quantitative estimate of drug-likeness (QED) is 0.467. The number of amides is 1. The van der Waals surface area contributed by atoms with E-state index in [4.69, 9.17) is 11.6 Å². The van der Waals surface area contributed by atoms with Gasteiger partial charge in [0.1, 0.15) is 6.04 Å². The Labute approximate surface area is 149 Å². The lowest BCUT2D eigenvalue weighted by atomic mass is 10.1. The Kier molecular flexibility index (Phi) is 6.08. The van der Waals surface area contributed by atoms with Crippen LogP contribution in [-0.2, 0) is 4.79 Å². The molecular formula is C17H17ClN4O3. The lowest BCUT2D eigenvalue weighted by Gasteiger charge is -2.14. The summed E-state index contributed by atoms with van der Waals surface area (Å²) in [7, 11) is 0. The van der Waals surface area contributed by atoms with Crippen LogP contribution in [0.15, 0.2) is 53.6 Å². The number of rotatable bonds is 6. The highest BCUT2D eigenvalue weighted by atomic mass is 35.5. The third-order valence-electron chi connectivity index (χ3n) is 3.43. The van der Waals surface area contributed by atoms with Gasteiger partial charge in [-0.15, -0.1) is 0 Å². The van der Waals surface area contributed by atoms with Crippen LogP contribution < -0.4 is 10.7 Å². The van der Waals surface area contributed by atoms with Crippen molar-refractivity contribution in [1.82, 2.24) is 5.43 Å². The predicted octanol–water partition coefficient (Wildman–Crippen LogP) is 3.59. The van der Waals surface area contributed by atoms with Crippen molar-refractivity contribution in [2.24, 2.45) is 5.10 Å². The summed E-state index contributed by atoms with van der Waals surface area (Å²) in [6.45, 7) is 3.41. The highest BCUT2D eigenvalue weighted by Crippen LogP contribution is 2.16. The second-order valence-electron chi connectivity index (χ2n) is 5.35. The van der Waals surface area contributed by atoms with E-state index in [0.717, 1.165) is 5.69 Å². The van der Waals surface area contributed by atoms with Crippen LogP contribution in [0.5, 0.6) is 0 Å². The summed E-state index contributed by atoms with van der Waals surface area (Å²) in [4.78, 5) is 22.3. The fraction of sp³-hybridized carbons (Fsp3) is 0.176. The van der Waals surface area contributed by atoms with Gasteiger partial charge in [-0.1, -0.05) is 17.7 Å².